The van der Waals surface area contributed by atoms with Crippen molar-refractivity contribution in [3.63, 3.8) is 0 Å². The number of para-hydroxylation sites is 1. The van der Waals surface area contributed by atoms with Gasteiger partial charge in [-0.2, -0.15) is 0 Å². The molecule has 1 aromatic carbocycles. The highest BCUT2D eigenvalue weighted by molar-refractivity contribution is 5.93. The SMILES string of the molecule is CC[C@H]1OC(=O)[C@H](C)[C@@H](OC2C[C@@](C)(OC)[C@@H](OC(C)=O)[C@H](C)O2)[C@H](C)[C@@H](O[C@@H]2O[C@H](C)C[C@H](N(C)C)[C@H]2O)[C@@](C)(OC)C[C@@H](C)C(=O)[C@H](C)[C@@H](OCOC(=O)c2cnc3ccccc3c2)[C@]1(C)O. The largest absolute Gasteiger partial charge is 0.459 e. The van der Waals surface area contributed by atoms with Gasteiger partial charge in [0.2, 0.25) is 0 Å². The van der Waals surface area contributed by atoms with Crippen molar-refractivity contribution < 1.29 is 76.8 Å². The van der Waals surface area contributed by atoms with Crippen molar-refractivity contribution in [1.29, 1.82) is 0 Å². The summed E-state index contributed by atoms with van der Waals surface area (Å²) < 4.78 is 62.7. The summed E-state index contributed by atoms with van der Waals surface area (Å²) in [5, 5.41) is 25.1. The standard InChI is InChI=1S/C51H78N2O16/c1-16-38-51(11,59)44(62-26-63-47(58)35-22-34-19-17-18-20-36(34)52-25-35)29(4)40(55)27(2)23-49(9,60-14)43(69-48-41(56)37(53(12)13)21-28(3)64-48)30(5)42(31(6)46(57)67-38)68-39-24-50(10,61-15)45(32(7)65-39)66-33(8)54/h17-20,22,25,27-32,37-39,41-45,48,56,59H,16,21,23-24,26H2,1-15H3/t27-,28-,29+,30+,31-,32+,37+,38-,39?,41-,42+,43-,44-,45+,48+,49+,50-,51-/m1/s1. The van der Waals surface area contributed by atoms with Gasteiger partial charge in [-0.15, -0.1) is 0 Å². The smallest absolute Gasteiger partial charge is 0.341 e. The van der Waals surface area contributed by atoms with E-state index >= 15 is 0 Å². The number of ketones is 1. The molecule has 18 heteroatoms. The number of carbonyl (C=O) groups excluding carboxylic acids is 4. The van der Waals surface area contributed by atoms with Crippen molar-refractivity contribution in [2.24, 2.45) is 23.7 Å². The molecule has 1 unspecified atom stereocenters. The van der Waals surface area contributed by atoms with E-state index in [1.54, 1.807) is 54.5 Å². The Morgan fingerprint density at radius 1 is 0.899 bits per heavy atom. The Labute approximate surface area is 407 Å². The van der Waals surface area contributed by atoms with Gasteiger partial charge in [0, 0.05) is 62.9 Å². The molecule has 388 valence electrons. The number of esters is 3. The molecular weight excluding hydrogens is 897 g/mol. The molecular formula is C51H78N2O16. The Hall–Kier alpha value is -3.69. The molecule has 0 aliphatic carbocycles. The van der Waals surface area contributed by atoms with Crippen LogP contribution in [0, 0.1) is 23.7 Å². The summed E-state index contributed by atoms with van der Waals surface area (Å²) in [7, 11) is 6.74. The van der Waals surface area contributed by atoms with Gasteiger partial charge in [0.05, 0.1) is 47.0 Å². The molecule has 2 aromatic rings. The summed E-state index contributed by atoms with van der Waals surface area (Å²) in [5.74, 6) is -6.08. The fraction of sp³-hybridized carbons (Fsp3) is 0.745. The van der Waals surface area contributed by atoms with Gasteiger partial charge < -0.3 is 62.5 Å². The zero-order chi connectivity index (χ0) is 51.3. The lowest BCUT2D eigenvalue weighted by atomic mass is 9.73. The van der Waals surface area contributed by atoms with E-state index in [0.717, 1.165) is 5.39 Å². The number of pyridine rings is 1. The summed E-state index contributed by atoms with van der Waals surface area (Å²) in [6.45, 7) is 17.8. The lowest BCUT2D eigenvalue weighted by molar-refractivity contribution is -0.320. The molecule has 0 bridgehead atoms. The molecule has 18 atom stereocenters. The monoisotopic (exact) mass is 975 g/mol. The van der Waals surface area contributed by atoms with Crippen LogP contribution in [0.2, 0.25) is 0 Å². The van der Waals surface area contributed by atoms with Gasteiger partial charge in [0.25, 0.3) is 0 Å². The van der Waals surface area contributed by atoms with Gasteiger partial charge in [0.1, 0.15) is 35.3 Å². The second-order valence-electron chi connectivity index (χ2n) is 20.3. The van der Waals surface area contributed by atoms with E-state index in [-0.39, 0.29) is 42.8 Å². The Morgan fingerprint density at radius 3 is 2.17 bits per heavy atom. The summed E-state index contributed by atoms with van der Waals surface area (Å²) >= 11 is 0. The molecule has 69 heavy (non-hydrogen) atoms. The average molecular weight is 975 g/mol. The van der Waals surface area contributed by atoms with Crippen molar-refractivity contribution in [1.82, 2.24) is 9.88 Å². The van der Waals surface area contributed by atoms with E-state index < -0.39 is 120 Å². The molecule has 2 N–H and O–H groups in total. The normalized spacial score (nSPS) is 39.7. The number of ether oxygens (including phenoxy) is 10. The number of aliphatic hydroxyl groups excluding tert-OH is 1. The maximum Gasteiger partial charge on any atom is 0.341 e. The highest BCUT2D eigenvalue weighted by Crippen LogP contribution is 2.42. The van der Waals surface area contributed by atoms with Crippen LogP contribution in [0.3, 0.4) is 0 Å². The maximum absolute atomic E-state index is 14.8. The van der Waals surface area contributed by atoms with E-state index in [1.807, 2.05) is 57.1 Å². The Balaban J connectivity index is 1.57. The third kappa shape index (κ3) is 12.7. The van der Waals surface area contributed by atoms with Crippen molar-refractivity contribution in [2.45, 2.75) is 186 Å². The number of likely N-dealkylation sites (N-methyl/N-ethyl adjacent to an activating group) is 1. The number of fused-ring (bicyclic) bond motifs is 1. The summed E-state index contributed by atoms with van der Waals surface area (Å²) in [6, 6.07) is 8.61. The van der Waals surface area contributed by atoms with Crippen molar-refractivity contribution in [3.8, 4) is 0 Å². The highest BCUT2D eigenvalue weighted by atomic mass is 16.7. The number of hydrogen-bond acceptors (Lipinski definition) is 18. The molecule has 0 saturated carbocycles. The Morgan fingerprint density at radius 2 is 1.55 bits per heavy atom. The molecule has 0 radical (unpaired) electrons. The summed E-state index contributed by atoms with van der Waals surface area (Å²) in [5.41, 5.74) is -3.59. The number of aliphatic hydroxyl groups is 2. The van der Waals surface area contributed by atoms with Gasteiger partial charge in [-0.1, -0.05) is 45.9 Å². The van der Waals surface area contributed by atoms with Gasteiger partial charge >= 0.3 is 17.9 Å². The van der Waals surface area contributed by atoms with Crippen LogP contribution in [-0.4, -0.2) is 163 Å². The molecule has 0 spiro atoms. The minimum absolute atomic E-state index is 0.0432. The van der Waals surface area contributed by atoms with Gasteiger partial charge in [0.15, 0.2) is 25.5 Å². The first-order chi connectivity index (χ1) is 32.3. The maximum atomic E-state index is 14.8. The Kier molecular flexibility index (Phi) is 18.9. The van der Waals surface area contributed by atoms with Gasteiger partial charge in [-0.05, 0) is 87.0 Å². The summed E-state index contributed by atoms with van der Waals surface area (Å²) in [6.07, 6.45) is -7.78. The number of carbonyl (C=O) groups is 4. The first-order valence-electron chi connectivity index (χ1n) is 24.2. The molecule has 3 fully saturated rings. The van der Waals surface area contributed by atoms with E-state index in [9.17, 15) is 29.4 Å². The molecule has 0 amide bonds. The third-order valence-corrected chi connectivity index (χ3v) is 14.7. The van der Waals surface area contributed by atoms with Crippen molar-refractivity contribution in [2.75, 3.05) is 35.1 Å². The predicted molar refractivity (Wildman–Crippen MR) is 251 cm³/mol. The van der Waals surface area contributed by atoms with Crippen LogP contribution < -0.4 is 0 Å². The molecule has 5 rings (SSSR count). The second-order valence-corrected chi connectivity index (χ2v) is 20.3. The first-order valence-corrected chi connectivity index (χ1v) is 24.2. The number of Topliss-reactive ketones (excluding diaryl/α,β-unsaturated/α-hetero) is 1. The van der Waals surface area contributed by atoms with Crippen LogP contribution in [-0.2, 0) is 61.8 Å². The van der Waals surface area contributed by atoms with Gasteiger partial charge in [-0.3, -0.25) is 19.4 Å². The van der Waals surface area contributed by atoms with Crippen LogP contribution in [0.4, 0.5) is 0 Å². The van der Waals surface area contributed by atoms with Crippen molar-refractivity contribution in [3.05, 3.63) is 42.1 Å². The number of aromatic nitrogens is 1. The average Bonchev–Trinajstić information content (AvgIpc) is 3.30. The number of hydrogen-bond donors (Lipinski definition) is 2. The first kappa shape index (κ1) is 56.2. The number of cyclic esters (lactones) is 1. The van der Waals surface area contributed by atoms with Crippen LogP contribution in [0.1, 0.15) is 112 Å². The fourth-order valence-electron chi connectivity index (χ4n) is 10.7. The zero-order valence-corrected chi connectivity index (χ0v) is 43.2. The molecule has 4 heterocycles. The number of nitrogens with zero attached hydrogens (tertiary/aromatic N) is 2. The molecule has 1 aromatic heterocycles. The predicted octanol–water partition coefficient (Wildman–Crippen LogP) is 5.40. The van der Waals surface area contributed by atoms with Crippen molar-refractivity contribution >= 4 is 34.6 Å². The minimum atomic E-state index is -2.03. The highest BCUT2D eigenvalue weighted by Gasteiger charge is 2.55. The van der Waals surface area contributed by atoms with Crippen LogP contribution in [0.5, 0.6) is 0 Å². The van der Waals surface area contributed by atoms with E-state index in [0.29, 0.717) is 11.9 Å². The third-order valence-electron chi connectivity index (χ3n) is 14.7. The fourth-order valence-corrected chi connectivity index (χ4v) is 10.7. The minimum Gasteiger partial charge on any atom is -0.459 e. The molecule has 3 saturated heterocycles. The molecule has 18 nitrogen and oxygen atoms in total. The van der Waals surface area contributed by atoms with Crippen LogP contribution >= 0.6 is 0 Å². The van der Waals surface area contributed by atoms with Crippen LogP contribution in [0.25, 0.3) is 10.9 Å². The second kappa shape index (κ2) is 23.2. The lowest BCUT2D eigenvalue weighted by Crippen LogP contribution is -2.62. The number of rotatable bonds is 13. The van der Waals surface area contributed by atoms with Gasteiger partial charge in [-0.25, -0.2) is 4.79 Å². The molecule has 3 aliphatic rings. The van der Waals surface area contributed by atoms with E-state index in [4.69, 9.17) is 47.4 Å². The van der Waals surface area contributed by atoms with E-state index in [2.05, 4.69) is 4.98 Å². The topological polar surface area (TPSA) is 217 Å². The lowest BCUT2D eigenvalue weighted by Gasteiger charge is -2.50. The van der Waals surface area contributed by atoms with E-state index in [1.165, 1.54) is 34.3 Å². The Bertz CT molecular complexity index is 2070. The zero-order valence-electron chi connectivity index (χ0n) is 43.2. The molecule has 3 aliphatic heterocycles. The number of benzene rings is 1. The summed E-state index contributed by atoms with van der Waals surface area (Å²) in [4.78, 5) is 61.4. The number of methoxy groups -OCH3 is 2. The van der Waals surface area contributed by atoms with Crippen LogP contribution in [0.15, 0.2) is 36.5 Å². The quantitative estimate of drug-likeness (QED) is 0.146.